The van der Waals surface area contributed by atoms with Gasteiger partial charge < -0.3 is 19.5 Å². The number of fused-ring (bicyclic) bond motifs is 1. The highest BCUT2D eigenvalue weighted by molar-refractivity contribution is 6.04. The lowest BCUT2D eigenvalue weighted by Gasteiger charge is -2.36. The Bertz CT molecular complexity index is 879. The van der Waals surface area contributed by atoms with Gasteiger partial charge in [0.1, 0.15) is 11.4 Å². The number of rotatable bonds is 3. The van der Waals surface area contributed by atoms with E-state index in [1.807, 2.05) is 36.1 Å². The van der Waals surface area contributed by atoms with Crippen molar-refractivity contribution in [3.63, 3.8) is 0 Å². The van der Waals surface area contributed by atoms with Crippen LogP contribution in [0.4, 0.5) is 5.69 Å². The van der Waals surface area contributed by atoms with E-state index < -0.39 is 0 Å². The van der Waals surface area contributed by atoms with Crippen molar-refractivity contribution < 1.29 is 14.3 Å². The second-order valence-corrected chi connectivity index (χ2v) is 7.21. The van der Waals surface area contributed by atoms with Crippen molar-refractivity contribution >= 4 is 17.4 Å². The normalized spacial score (nSPS) is 17.0. The summed E-state index contributed by atoms with van der Waals surface area (Å²) in [6.45, 7) is 4.69. The Morgan fingerprint density at radius 1 is 1.11 bits per heavy atom. The lowest BCUT2D eigenvalue weighted by atomic mass is 9.93. The minimum atomic E-state index is -0.00521. The van der Waals surface area contributed by atoms with E-state index in [4.69, 9.17) is 4.74 Å². The average Bonchev–Trinajstić information content (AvgIpc) is 3.05. The summed E-state index contributed by atoms with van der Waals surface area (Å²) >= 11 is 0. The molecule has 2 aliphatic rings. The van der Waals surface area contributed by atoms with E-state index in [-0.39, 0.29) is 11.7 Å². The molecule has 1 aliphatic carbocycles. The first-order valence-corrected chi connectivity index (χ1v) is 9.52. The van der Waals surface area contributed by atoms with Gasteiger partial charge in [-0.3, -0.25) is 9.59 Å². The van der Waals surface area contributed by atoms with Crippen molar-refractivity contribution in [3.05, 3.63) is 46.8 Å². The zero-order chi connectivity index (χ0) is 19.0. The molecule has 2 aromatic rings. The van der Waals surface area contributed by atoms with Gasteiger partial charge in [-0.05, 0) is 37.5 Å². The molecule has 0 saturated carbocycles. The number of piperazine rings is 1. The largest absolute Gasteiger partial charge is 0.495 e. The molecule has 2 heterocycles. The Morgan fingerprint density at radius 2 is 1.85 bits per heavy atom. The fourth-order valence-electron chi connectivity index (χ4n) is 4.19. The molecule has 0 unspecified atom stereocenters. The molecular formula is C21H25N3O3. The van der Waals surface area contributed by atoms with E-state index in [0.29, 0.717) is 25.2 Å². The summed E-state index contributed by atoms with van der Waals surface area (Å²) in [5.41, 5.74) is 4.13. The first kappa shape index (κ1) is 17.6. The van der Waals surface area contributed by atoms with Gasteiger partial charge in [0.15, 0.2) is 5.78 Å². The summed E-state index contributed by atoms with van der Waals surface area (Å²) in [5.74, 6) is 1.00. The molecule has 0 radical (unpaired) electrons. The minimum absolute atomic E-state index is 0.00521. The predicted octanol–water partition coefficient (Wildman–Crippen LogP) is 2.81. The van der Waals surface area contributed by atoms with Crippen LogP contribution >= 0.6 is 0 Å². The zero-order valence-electron chi connectivity index (χ0n) is 15.9. The standard InChI is InChI=1S/C21H25N3O3/c1-14-19-15(6-5-8-17(19)25)22-20(14)21(26)24-12-10-23(11-13-24)16-7-3-4-9-18(16)27-2/h3-4,7,9,22H,5-6,8,10-13H2,1-2H3. The van der Waals surface area contributed by atoms with Crippen molar-refractivity contribution in [3.8, 4) is 5.75 Å². The molecule has 4 rings (SSSR count). The van der Waals surface area contributed by atoms with Crippen LogP contribution in [0.2, 0.25) is 0 Å². The van der Waals surface area contributed by atoms with Crippen molar-refractivity contribution in [1.29, 1.82) is 0 Å². The lowest BCUT2D eigenvalue weighted by Crippen LogP contribution is -2.49. The first-order chi connectivity index (χ1) is 13.1. The van der Waals surface area contributed by atoms with Crippen molar-refractivity contribution in [2.75, 3.05) is 38.2 Å². The lowest BCUT2D eigenvalue weighted by molar-refractivity contribution is 0.0740. The third kappa shape index (κ3) is 3.09. The quantitative estimate of drug-likeness (QED) is 0.906. The number of H-pyrrole nitrogens is 1. The average molecular weight is 367 g/mol. The third-order valence-corrected chi connectivity index (χ3v) is 5.64. The molecule has 1 aromatic carbocycles. The molecule has 1 amide bonds. The summed E-state index contributed by atoms with van der Waals surface area (Å²) in [6.07, 6.45) is 2.28. The second kappa shape index (κ2) is 7.10. The number of carbonyl (C=O) groups is 2. The highest BCUT2D eigenvalue weighted by atomic mass is 16.5. The predicted molar refractivity (Wildman–Crippen MR) is 104 cm³/mol. The van der Waals surface area contributed by atoms with Crippen LogP contribution < -0.4 is 9.64 Å². The molecule has 0 bridgehead atoms. The number of nitrogens with one attached hydrogen (secondary N) is 1. The number of aromatic nitrogens is 1. The molecule has 27 heavy (non-hydrogen) atoms. The van der Waals surface area contributed by atoms with E-state index >= 15 is 0 Å². The Hall–Kier alpha value is -2.76. The summed E-state index contributed by atoms with van der Waals surface area (Å²) in [7, 11) is 1.68. The molecule has 1 fully saturated rings. The fraction of sp³-hybridized carbons (Fsp3) is 0.429. The Balaban J connectivity index is 1.49. The van der Waals surface area contributed by atoms with Gasteiger partial charge in [0.25, 0.3) is 5.91 Å². The zero-order valence-corrected chi connectivity index (χ0v) is 15.9. The number of hydrogen-bond acceptors (Lipinski definition) is 4. The van der Waals surface area contributed by atoms with Gasteiger partial charge in [0.2, 0.25) is 0 Å². The summed E-state index contributed by atoms with van der Waals surface area (Å²) < 4.78 is 5.46. The number of methoxy groups -OCH3 is 1. The van der Waals surface area contributed by atoms with Crippen molar-refractivity contribution in [2.45, 2.75) is 26.2 Å². The van der Waals surface area contributed by atoms with Gasteiger partial charge in [-0.15, -0.1) is 0 Å². The van der Waals surface area contributed by atoms with E-state index in [9.17, 15) is 9.59 Å². The van der Waals surface area contributed by atoms with Crippen LogP contribution in [0.25, 0.3) is 0 Å². The van der Waals surface area contributed by atoms with Gasteiger partial charge in [0, 0.05) is 43.9 Å². The van der Waals surface area contributed by atoms with E-state index in [0.717, 1.165) is 54.2 Å². The number of ether oxygens (including phenoxy) is 1. The smallest absolute Gasteiger partial charge is 0.270 e. The van der Waals surface area contributed by atoms with Crippen LogP contribution in [0, 0.1) is 6.92 Å². The molecule has 1 aliphatic heterocycles. The maximum atomic E-state index is 13.1. The van der Waals surface area contributed by atoms with Gasteiger partial charge in [-0.2, -0.15) is 0 Å². The first-order valence-electron chi connectivity index (χ1n) is 9.52. The molecule has 1 saturated heterocycles. The van der Waals surface area contributed by atoms with Gasteiger partial charge in [-0.25, -0.2) is 0 Å². The van der Waals surface area contributed by atoms with E-state index in [1.165, 1.54) is 0 Å². The van der Waals surface area contributed by atoms with Crippen molar-refractivity contribution in [2.24, 2.45) is 0 Å². The highest BCUT2D eigenvalue weighted by Gasteiger charge is 2.30. The van der Waals surface area contributed by atoms with E-state index in [1.54, 1.807) is 7.11 Å². The number of nitrogens with zero attached hydrogens (tertiary/aromatic N) is 2. The number of Topliss-reactive ketones (excluding diaryl/α,β-unsaturated/α-hetero) is 1. The maximum absolute atomic E-state index is 13.1. The SMILES string of the molecule is COc1ccccc1N1CCN(C(=O)c2[nH]c3c(c2C)C(=O)CCC3)CC1. The summed E-state index contributed by atoms with van der Waals surface area (Å²) in [6, 6.07) is 7.96. The molecule has 1 aromatic heterocycles. The number of carbonyl (C=O) groups excluding carboxylic acids is 2. The number of para-hydroxylation sites is 2. The Kier molecular flexibility index (Phi) is 4.64. The van der Waals surface area contributed by atoms with Crippen LogP contribution in [0.3, 0.4) is 0 Å². The van der Waals surface area contributed by atoms with Crippen LogP contribution in [0.1, 0.15) is 44.9 Å². The number of benzene rings is 1. The Morgan fingerprint density at radius 3 is 2.56 bits per heavy atom. The monoisotopic (exact) mass is 367 g/mol. The number of anilines is 1. The number of hydrogen-bond donors (Lipinski definition) is 1. The Labute approximate surface area is 159 Å². The van der Waals surface area contributed by atoms with Crippen LogP contribution in [-0.2, 0) is 6.42 Å². The molecule has 142 valence electrons. The van der Waals surface area contributed by atoms with Gasteiger partial charge in [-0.1, -0.05) is 12.1 Å². The van der Waals surface area contributed by atoms with Crippen molar-refractivity contribution in [1.82, 2.24) is 9.88 Å². The number of aryl methyl sites for hydroxylation is 1. The van der Waals surface area contributed by atoms with Crippen LogP contribution in [0.15, 0.2) is 24.3 Å². The molecule has 6 nitrogen and oxygen atoms in total. The molecule has 0 spiro atoms. The summed E-state index contributed by atoms with van der Waals surface area (Å²) in [5, 5.41) is 0. The second-order valence-electron chi connectivity index (χ2n) is 7.21. The summed E-state index contributed by atoms with van der Waals surface area (Å²) in [4.78, 5) is 32.6. The topological polar surface area (TPSA) is 65.6 Å². The fourth-order valence-corrected chi connectivity index (χ4v) is 4.19. The molecular weight excluding hydrogens is 342 g/mol. The maximum Gasteiger partial charge on any atom is 0.270 e. The number of amides is 1. The third-order valence-electron chi connectivity index (χ3n) is 5.64. The molecule has 6 heteroatoms. The van der Waals surface area contributed by atoms with Crippen LogP contribution in [-0.4, -0.2) is 54.9 Å². The van der Waals surface area contributed by atoms with Gasteiger partial charge >= 0.3 is 0 Å². The number of aromatic amines is 1. The number of ketones is 1. The molecule has 1 N–H and O–H groups in total. The minimum Gasteiger partial charge on any atom is -0.495 e. The molecule has 0 atom stereocenters. The van der Waals surface area contributed by atoms with Gasteiger partial charge in [0.05, 0.1) is 12.8 Å². The van der Waals surface area contributed by atoms with Crippen LogP contribution in [0.5, 0.6) is 5.75 Å². The highest BCUT2D eigenvalue weighted by Crippen LogP contribution is 2.30. The van der Waals surface area contributed by atoms with E-state index in [2.05, 4.69) is 9.88 Å².